The number of para-hydroxylation sites is 1. The van der Waals surface area contributed by atoms with Crippen molar-refractivity contribution in [1.82, 2.24) is 15.0 Å². The zero-order valence-electron chi connectivity index (χ0n) is 31.0. The second-order valence-corrected chi connectivity index (χ2v) is 15.8. The van der Waals surface area contributed by atoms with Crippen molar-refractivity contribution < 1.29 is 9.47 Å². The van der Waals surface area contributed by atoms with Crippen LogP contribution in [0.1, 0.15) is 22.3 Å². The summed E-state index contributed by atoms with van der Waals surface area (Å²) in [6, 6.07) is 65.5. The zero-order valence-corrected chi connectivity index (χ0v) is 31.8. The Labute approximate surface area is 338 Å². The Morgan fingerprint density at radius 1 is 0.379 bits per heavy atom. The molecule has 1 aliphatic carbocycles. The van der Waals surface area contributed by atoms with E-state index in [-0.39, 0.29) is 0 Å². The van der Waals surface area contributed by atoms with E-state index in [4.69, 9.17) is 24.4 Å². The van der Waals surface area contributed by atoms with Gasteiger partial charge in [-0.1, -0.05) is 152 Å². The molecular formula is C52H31N3O2S. The van der Waals surface area contributed by atoms with Crippen LogP contribution in [-0.4, -0.2) is 15.0 Å². The van der Waals surface area contributed by atoms with Gasteiger partial charge in [0.25, 0.3) is 0 Å². The fourth-order valence-electron chi connectivity index (χ4n) is 8.92. The molecule has 2 aliphatic rings. The molecule has 10 aromatic rings. The van der Waals surface area contributed by atoms with Crippen molar-refractivity contribution in [3.05, 3.63) is 210 Å². The summed E-state index contributed by atoms with van der Waals surface area (Å²) < 4.78 is 16.2. The number of rotatable bonds is 5. The van der Waals surface area contributed by atoms with E-state index in [1.807, 2.05) is 48.5 Å². The summed E-state index contributed by atoms with van der Waals surface area (Å²) >= 11 is 1.78. The molecule has 8 aromatic carbocycles. The van der Waals surface area contributed by atoms with Gasteiger partial charge < -0.3 is 9.47 Å². The third-order valence-electron chi connectivity index (χ3n) is 11.5. The summed E-state index contributed by atoms with van der Waals surface area (Å²) in [5.41, 5.74) is 8.99. The fraction of sp³-hybridized carbons (Fsp3) is 0.0192. The Balaban J connectivity index is 1.03. The molecule has 1 aliphatic heterocycles. The molecule has 0 N–H and O–H groups in total. The number of hydrogen-bond donors (Lipinski definition) is 0. The first-order valence-corrected chi connectivity index (χ1v) is 20.2. The average Bonchev–Trinajstić information content (AvgIpc) is 3.81. The third kappa shape index (κ3) is 4.92. The largest absolute Gasteiger partial charge is 0.449 e. The average molecular weight is 762 g/mol. The van der Waals surface area contributed by atoms with Gasteiger partial charge in [0.05, 0.1) is 11.0 Å². The van der Waals surface area contributed by atoms with Gasteiger partial charge >= 0.3 is 0 Å². The van der Waals surface area contributed by atoms with E-state index >= 15 is 0 Å². The molecule has 0 bridgehead atoms. The van der Waals surface area contributed by atoms with Crippen molar-refractivity contribution in [2.24, 2.45) is 0 Å². The van der Waals surface area contributed by atoms with Gasteiger partial charge in [-0.05, 0) is 69.8 Å². The lowest BCUT2D eigenvalue weighted by Crippen LogP contribution is -2.28. The quantitative estimate of drug-likeness (QED) is 0.175. The Bertz CT molecular complexity index is 3200. The van der Waals surface area contributed by atoms with Gasteiger partial charge in [-0.2, -0.15) is 0 Å². The zero-order chi connectivity index (χ0) is 38.2. The van der Waals surface area contributed by atoms with E-state index in [0.717, 1.165) is 22.3 Å². The number of ether oxygens (including phenoxy) is 2. The predicted octanol–water partition coefficient (Wildman–Crippen LogP) is 13.5. The van der Waals surface area contributed by atoms with Gasteiger partial charge in [0.15, 0.2) is 40.5 Å². The van der Waals surface area contributed by atoms with Gasteiger partial charge in [-0.3, -0.25) is 0 Å². The van der Waals surface area contributed by atoms with Crippen molar-refractivity contribution in [2.75, 3.05) is 0 Å². The van der Waals surface area contributed by atoms with Crippen molar-refractivity contribution in [3.63, 3.8) is 0 Å². The van der Waals surface area contributed by atoms with Gasteiger partial charge in [0.2, 0.25) is 0 Å². The van der Waals surface area contributed by atoms with Crippen LogP contribution in [0.25, 0.3) is 65.5 Å². The molecule has 5 nitrogen and oxygen atoms in total. The second kappa shape index (κ2) is 12.8. The molecule has 0 spiro atoms. The van der Waals surface area contributed by atoms with Crippen molar-refractivity contribution in [3.8, 4) is 68.3 Å². The van der Waals surface area contributed by atoms with Crippen LogP contribution in [0, 0.1) is 0 Å². The number of thiophene rings is 1. The SMILES string of the molecule is c1ccc(-c2nc(-c3ccc4c(c3)sc3ccccc34)nc(-c3cccc4c3Oc3cc5c(cc3O4)-c3ccccc3C5(c3ccccc3)c3ccccc3)n2)cc1. The fourth-order valence-corrected chi connectivity index (χ4v) is 10.1. The molecule has 0 amide bonds. The van der Waals surface area contributed by atoms with Crippen LogP contribution in [0.4, 0.5) is 0 Å². The Kier molecular flexibility index (Phi) is 7.25. The Hall–Kier alpha value is -7.41. The van der Waals surface area contributed by atoms with E-state index in [0.29, 0.717) is 46.0 Å². The van der Waals surface area contributed by atoms with E-state index in [1.165, 1.54) is 42.4 Å². The van der Waals surface area contributed by atoms with Gasteiger partial charge in [0, 0.05) is 31.3 Å². The number of fused-ring (bicyclic) bond motifs is 8. The first-order valence-electron chi connectivity index (χ1n) is 19.3. The van der Waals surface area contributed by atoms with E-state index in [1.54, 1.807) is 11.3 Å². The molecule has 0 unspecified atom stereocenters. The molecule has 3 heterocycles. The van der Waals surface area contributed by atoms with Crippen LogP contribution >= 0.6 is 11.3 Å². The highest BCUT2D eigenvalue weighted by atomic mass is 32.1. The maximum Gasteiger partial charge on any atom is 0.181 e. The highest BCUT2D eigenvalue weighted by Crippen LogP contribution is 2.60. The van der Waals surface area contributed by atoms with Crippen molar-refractivity contribution in [1.29, 1.82) is 0 Å². The molecule has 0 atom stereocenters. The lowest BCUT2D eigenvalue weighted by molar-refractivity contribution is 0.360. The smallest absolute Gasteiger partial charge is 0.181 e. The lowest BCUT2D eigenvalue weighted by Gasteiger charge is -2.34. The second-order valence-electron chi connectivity index (χ2n) is 14.7. The Morgan fingerprint density at radius 3 is 1.79 bits per heavy atom. The molecule has 6 heteroatoms. The first-order chi connectivity index (χ1) is 28.7. The van der Waals surface area contributed by atoms with Gasteiger partial charge in [-0.15, -0.1) is 11.3 Å². The van der Waals surface area contributed by atoms with Crippen LogP contribution in [0.15, 0.2) is 188 Å². The molecule has 272 valence electrons. The molecule has 58 heavy (non-hydrogen) atoms. The first kappa shape index (κ1) is 32.8. The molecule has 2 aromatic heterocycles. The molecule has 0 saturated carbocycles. The number of nitrogens with zero attached hydrogens (tertiary/aromatic N) is 3. The van der Waals surface area contributed by atoms with E-state index in [9.17, 15) is 0 Å². The van der Waals surface area contributed by atoms with Crippen LogP contribution < -0.4 is 9.47 Å². The van der Waals surface area contributed by atoms with Gasteiger partial charge in [0.1, 0.15) is 0 Å². The normalized spacial score (nSPS) is 13.2. The minimum absolute atomic E-state index is 0.501. The minimum atomic E-state index is -0.574. The highest BCUT2D eigenvalue weighted by Gasteiger charge is 2.47. The van der Waals surface area contributed by atoms with Crippen molar-refractivity contribution in [2.45, 2.75) is 5.41 Å². The standard InChI is InChI=1S/C52H31N3O2S/c1-4-15-32(16-5-1)49-53-50(33-27-28-38-37-22-11-13-26-46(37)58-47(38)29-33)55-51(54-49)39-23-14-25-43-48(39)57-45-31-42-40(30-44(45)56-43)36-21-10-12-24-41(36)52(42,34-17-6-2-7-18-34)35-19-8-3-9-20-35/h1-31H. The van der Waals surface area contributed by atoms with E-state index < -0.39 is 5.41 Å². The van der Waals surface area contributed by atoms with Crippen LogP contribution in [-0.2, 0) is 5.41 Å². The van der Waals surface area contributed by atoms with E-state index in [2.05, 4.69) is 140 Å². The summed E-state index contributed by atoms with van der Waals surface area (Å²) in [5.74, 6) is 4.13. The molecular weight excluding hydrogens is 731 g/mol. The molecule has 0 fully saturated rings. The van der Waals surface area contributed by atoms with Crippen LogP contribution in [0.5, 0.6) is 23.0 Å². The maximum atomic E-state index is 7.01. The molecule has 0 saturated heterocycles. The lowest BCUT2D eigenvalue weighted by atomic mass is 9.67. The van der Waals surface area contributed by atoms with Crippen LogP contribution in [0.3, 0.4) is 0 Å². The summed E-state index contributed by atoms with van der Waals surface area (Å²) in [6.45, 7) is 0. The summed E-state index contributed by atoms with van der Waals surface area (Å²) in [5, 5.41) is 2.48. The van der Waals surface area contributed by atoms with Crippen molar-refractivity contribution >= 4 is 31.5 Å². The minimum Gasteiger partial charge on any atom is -0.449 e. The summed E-state index contributed by atoms with van der Waals surface area (Å²) in [7, 11) is 0. The summed E-state index contributed by atoms with van der Waals surface area (Å²) in [6.07, 6.45) is 0. The third-order valence-corrected chi connectivity index (χ3v) is 12.6. The molecule has 0 radical (unpaired) electrons. The van der Waals surface area contributed by atoms with Gasteiger partial charge in [-0.25, -0.2) is 15.0 Å². The Morgan fingerprint density at radius 2 is 1.00 bits per heavy atom. The monoisotopic (exact) mass is 761 g/mol. The number of benzene rings is 8. The molecule has 12 rings (SSSR count). The predicted molar refractivity (Wildman–Crippen MR) is 233 cm³/mol. The maximum absolute atomic E-state index is 7.01. The highest BCUT2D eigenvalue weighted by molar-refractivity contribution is 7.25. The topological polar surface area (TPSA) is 57.1 Å². The van der Waals surface area contributed by atoms with Crippen LogP contribution in [0.2, 0.25) is 0 Å². The number of hydrogen-bond acceptors (Lipinski definition) is 6. The summed E-state index contributed by atoms with van der Waals surface area (Å²) in [4.78, 5) is 15.3. The number of aromatic nitrogens is 3.